The number of nitrogens with zero attached hydrogens (tertiary/aromatic N) is 2. The molecule has 19 heavy (non-hydrogen) atoms. The van der Waals surface area contributed by atoms with Gasteiger partial charge in [-0.25, -0.2) is 0 Å². The van der Waals surface area contributed by atoms with E-state index >= 15 is 0 Å². The predicted octanol–water partition coefficient (Wildman–Crippen LogP) is 3.19. The fourth-order valence-corrected chi connectivity index (χ4v) is 2.21. The highest BCUT2D eigenvalue weighted by atomic mass is 16.5. The van der Waals surface area contributed by atoms with Gasteiger partial charge in [0.05, 0.1) is 12.3 Å². The molecule has 0 aliphatic carbocycles. The first-order chi connectivity index (χ1) is 9.04. The Kier molecular flexibility index (Phi) is 3.79. The summed E-state index contributed by atoms with van der Waals surface area (Å²) in [6.07, 6.45) is 0. The zero-order chi connectivity index (χ0) is 14.0. The summed E-state index contributed by atoms with van der Waals surface area (Å²) in [5.74, 6) is 1.95. The number of ether oxygens (including phenoxy) is 1. The van der Waals surface area contributed by atoms with Crippen molar-refractivity contribution in [1.29, 1.82) is 0 Å². The molecule has 2 rings (SSSR count). The topological polar surface area (TPSA) is 53.1 Å². The van der Waals surface area contributed by atoms with Crippen molar-refractivity contribution >= 4 is 5.82 Å². The van der Waals surface area contributed by atoms with Gasteiger partial charge in [-0.1, -0.05) is 13.8 Å². The molecule has 0 radical (unpaired) electrons. The van der Waals surface area contributed by atoms with Crippen LogP contribution in [0.5, 0.6) is 5.75 Å². The number of hydrogen-bond donors (Lipinski definition) is 1. The molecule has 4 nitrogen and oxygen atoms in total. The highest BCUT2D eigenvalue weighted by molar-refractivity contribution is 5.69. The fourth-order valence-electron chi connectivity index (χ4n) is 2.21. The van der Waals surface area contributed by atoms with Crippen LogP contribution in [0.15, 0.2) is 24.3 Å². The monoisotopic (exact) mass is 259 g/mol. The summed E-state index contributed by atoms with van der Waals surface area (Å²) < 4.78 is 7.19. The van der Waals surface area contributed by atoms with Crippen LogP contribution >= 0.6 is 0 Å². The Labute approximate surface area is 114 Å². The van der Waals surface area contributed by atoms with Crippen LogP contribution in [0.25, 0.3) is 11.3 Å². The van der Waals surface area contributed by atoms with Gasteiger partial charge in [-0.15, -0.1) is 0 Å². The van der Waals surface area contributed by atoms with Crippen molar-refractivity contribution in [2.75, 3.05) is 12.3 Å². The Morgan fingerprint density at radius 3 is 2.42 bits per heavy atom. The first kappa shape index (κ1) is 13.5. The molecule has 2 aromatic rings. The molecule has 4 heteroatoms. The summed E-state index contributed by atoms with van der Waals surface area (Å²) in [4.78, 5) is 0. The fraction of sp³-hybridized carbons (Fsp3) is 0.400. The number of hydrogen-bond acceptors (Lipinski definition) is 3. The Bertz CT molecular complexity index is 556. The van der Waals surface area contributed by atoms with Gasteiger partial charge in [0.2, 0.25) is 0 Å². The van der Waals surface area contributed by atoms with Crippen molar-refractivity contribution < 1.29 is 4.74 Å². The molecule has 0 atom stereocenters. The number of rotatable bonds is 4. The first-order valence-electron chi connectivity index (χ1n) is 6.60. The summed E-state index contributed by atoms with van der Waals surface area (Å²) in [7, 11) is 1.87. The molecule has 0 unspecified atom stereocenters. The van der Waals surface area contributed by atoms with E-state index in [-0.39, 0.29) is 0 Å². The lowest BCUT2D eigenvalue weighted by atomic mass is 9.98. The quantitative estimate of drug-likeness (QED) is 0.917. The number of anilines is 1. The molecule has 0 saturated carbocycles. The Balaban J connectivity index is 2.44. The average Bonchev–Trinajstić information content (AvgIpc) is 2.67. The van der Waals surface area contributed by atoms with E-state index in [4.69, 9.17) is 10.5 Å². The first-order valence-corrected chi connectivity index (χ1v) is 6.60. The van der Waals surface area contributed by atoms with Gasteiger partial charge in [0.1, 0.15) is 11.6 Å². The second-order valence-electron chi connectivity index (χ2n) is 4.88. The lowest BCUT2D eigenvalue weighted by Gasteiger charge is -2.08. The van der Waals surface area contributed by atoms with Crippen LogP contribution in [-0.2, 0) is 7.05 Å². The van der Waals surface area contributed by atoms with E-state index in [1.165, 1.54) is 0 Å². The van der Waals surface area contributed by atoms with Gasteiger partial charge in [-0.3, -0.25) is 4.68 Å². The highest BCUT2D eigenvalue weighted by Crippen LogP contribution is 2.33. The van der Waals surface area contributed by atoms with Crippen LogP contribution in [0, 0.1) is 0 Å². The number of aryl methyl sites for hydroxylation is 1. The second kappa shape index (κ2) is 5.34. The van der Waals surface area contributed by atoms with Gasteiger partial charge >= 0.3 is 0 Å². The summed E-state index contributed by atoms with van der Waals surface area (Å²) in [5, 5.41) is 4.53. The van der Waals surface area contributed by atoms with Crippen LogP contribution in [0.2, 0.25) is 0 Å². The minimum absolute atomic E-state index is 0.343. The molecular formula is C15H21N3O. The van der Waals surface area contributed by atoms with Gasteiger partial charge in [0.15, 0.2) is 0 Å². The Hall–Kier alpha value is -1.97. The lowest BCUT2D eigenvalue weighted by Crippen LogP contribution is -2.00. The molecule has 1 heterocycles. The summed E-state index contributed by atoms with van der Waals surface area (Å²) in [6.45, 7) is 6.91. The van der Waals surface area contributed by atoms with Crippen LogP contribution in [0.4, 0.5) is 5.82 Å². The molecule has 0 aliphatic rings. The average molecular weight is 259 g/mol. The molecule has 1 aromatic carbocycles. The third-order valence-electron chi connectivity index (χ3n) is 3.15. The molecule has 2 N–H and O–H groups in total. The molecule has 102 valence electrons. The molecule has 0 amide bonds. The number of aromatic nitrogens is 2. The summed E-state index contributed by atoms with van der Waals surface area (Å²) in [6, 6.07) is 7.99. The van der Waals surface area contributed by atoms with E-state index in [1.54, 1.807) is 4.68 Å². The minimum Gasteiger partial charge on any atom is -0.494 e. The molecule has 0 bridgehead atoms. The van der Waals surface area contributed by atoms with E-state index < -0.39 is 0 Å². The van der Waals surface area contributed by atoms with Crippen molar-refractivity contribution in [3.8, 4) is 17.0 Å². The SMILES string of the molecule is CCOc1ccc(-c2nn(C)c(N)c2C(C)C)cc1. The van der Waals surface area contributed by atoms with Gasteiger partial charge in [0.25, 0.3) is 0 Å². The maximum absolute atomic E-state index is 6.10. The molecule has 0 spiro atoms. The normalized spacial score (nSPS) is 11.0. The van der Waals surface area contributed by atoms with Crippen LogP contribution in [0.3, 0.4) is 0 Å². The molecule has 0 saturated heterocycles. The summed E-state index contributed by atoms with van der Waals surface area (Å²) in [5.41, 5.74) is 9.22. The lowest BCUT2D eigenvalue weighted by molar-refractivity contribution is 0.340. The van der Waals surface area contributed by atoms with Crippen LogP contribution in [0.1, 0.15) is 32.3 Å². The number of nitrogen functional groups attached to an aromatic ring is 1. The van der Waals surface area contributed by atoms with E-state index in [0.29, 0.717) is 12.5 Å². The number of nitrogens with two attached hydrogens (primary N) is 1. The molecule has 0 fully saturated rings. The third-order valence-corrected chi connectivity index (χ3v) is 3.15. The predicted molar refractivity (Wildman–Crippen MR) is 78.3 cm³/mol. The minimum atomic E-state index is 0.343. The van der Waals surface area contributed by atoms with Crippen molar-refractivity contribution in [3.05, 3.63) is 29.8 Å². The van der Waals surface area contributed by atoms with Crippen molar-refractivity contribution in [2.45, 2.75) is 26.7 Å². The zero-order valence-electron chi connectivity index (χ0n) is 12.0. The largest absolute Gasteiger partial charge is 0.494 e. The van der Waals surface area contributed by atoms with E-state index in [2.05, 4.69) is 18.9 Å². The maximum atomic E-state index is 6.10. The zero-order valence-corrected chi connectivity index (χ0v) is 12.0. The van der Waals surface area contributed by atoms with Gasteiger partial charge in [-0.2, -0.15) is 5.10 Å². The van der Waals surface area contributed by atoms with E-state index in [9.17, 15) is 0 Å². The van der Waals surface area contributed by atoms with Crippen LogP contribution in [-0.4, -0.2) is 16.4 Å². The van der Waals surface area contributed by atoms with Gasteiger partial charge < -0.3 is 10.5 Å². The van der Waals surface area contributed by atoms with Crippen molar-refractivity contribution in [1.82, 2.24) is 9.78 Å². The number of benzene rings is 1. The second-order valence-corrected chi connectivity index (χ2v) is 4.88. The molecule has 1 aromatic heterocycles. The maximum Gasteiger partial charge on any atom is 0.125 e. The summed E-state index contributed by atoms with van der Waals surface area (Å²) >= 11 is 0. The Morgan fingerprint density at radius 2 is 1.89 bits per heavy atom. The smallest absolute Gasteiger partial charge is 0.125 e. The Morgan fingerprint density at radius 1 is 1.26 bits per heavy atom. The molecule has 0 aliphatic heterocycles. The third kappa shape index (κ3) is 2.57. The van der Waals surface area contributed by atoms with E-state index in [1.807, 2.05) is 38.2 Å². The van der Waals surface area contributed by atoms with Crippen LogP contribution < -0.4 is 10.5 Å². The molecular weight excluding hydrogens is 238 g/mol. The van der Waals surface area contributed by atoms with Gasteiger partial charge in [0, 0.05) is 18.2 Å². The van der Waals surface area contributed by atoms with Crippen molar-refractivity contribution in [3.63, 3.8) is 0 Å². The van der Waals surface area contributed by atoms with Gasteiger partial charge in [-0.05, 0) is 37.1 Å². The standard InChI is InChI=1S/C15H21N3O/c1-5-19-12-8-6-11(7-9-12)14-13(10(2)3)15(16)18(4)17-14/h6-10H,5,16H2,1-4H3. The van der Waals surface area contributed by atoms with Crippen molar-refractivity contribution in [2.24, 2.45) is 7.05 Å². The highest BCUT2D eigenvalue weighted by Gasteiger charge is 2.18. The van der Waals surface area contributed by atoms with E-state index in [0.717, 1.165) is 28.4 Å².